The van der Waals surface area contributed by atoms with Crippen molar-refractivity contribution in [2.75, 3.05) is 0 Å². The van der Waals surface area contributed by atoms with Crippen molar-refractivity contribution in [3.63, 3.8) is 0 Å². The maximum atomic E-state index is 14.0. The van der Waals surface area contributed by atoms with Gasteiger partial charge in [-0.05, 0) is 67.5 Å². The van der Waals surface area contributed by atoms with Crippen LogP contribution in [0.2, 0.25) is 10.0 Å². The van der Waals surface area contributed by atoms with Crippen LogP contribution in [0.5, 0.6) is 0 Å². The fourth-order valence-corrected chi connectivity index (χ4v) is 5.68. The third kappa shape index (κ3) is 4.80. The Hall–Kier alpha value is -2.37. The van der Waals surface area contributed by atoms with Gasteiger partial charge in [-0.3, -0.25) is 14.4 Å². The van der Waals surface area contributed by atoms with Crippen LogP contribution in [0.4, 0.5) is 0 Å². The number of aliphatic carboxylic acids is 1. The van der Waals surface area contributed by atoms with Crippen molar-refractivity contribution in [2.24, 2.45) is 11.3 Å². The maximum Gasteiger partial charge on any atom is 0.304 e. The molecule has 0 aromatic heterocycles. The standard InChI is InChI=1S/C26H27Cl2NO4/c1-15(30)23(16-6-7-16)29-24(17-8-10-19(27)11-9-17)21(18-4-3-5-20(28)12-18)13-26(2,25(29)33)14-22(31)32/h3-5,8-12,16,21,23-24H,6-7,13-14H2,1-2H3,(H,31,32)/t21-,23-,24-,26?/m1/s1. The first-order valence-electron chi connectivity index (χ1n) is 11.2. The number of amides is 1. The zero-order valence-corrected chi connectivity index (χ0v) is 20.1. The van der Waals surface area contributed by atoms with Gasteiger partial charge in [0.1, 0.15) is 0 Å². The van der Waals surface area contributed by atoms with Crippen LogP contribution in [0.3, 0.4) is 0 Å². The van der Waals surface area contributed by atoms with Gasteiger partial charge in [0.2, 0.25) is 5.91 Å². The van der Waals surface area contributed by atoms with E-state index in [9.17, 15) is 19.5 Å². The summed E-state index contributed by atoms with van der Waals surface area (Å²) in [4.78, 5) is 40.4. The summed E-state index contributed by atoms with van der Waals surface area (Å²) in [5.41, 5.74) is 0.626. The van der Waals surface area contributed by atoms with Gasteiger partial charge in [-0.1, -0.05) is 54.4 Å². The van der Waals surface area contributed by atoms with Crippen molar-refractivity contribution in [1.82, 2.24) is 4.90 Å². The van der Waals surface area contributed by atoms with E-state index in [1.54, 1.807) is 30.0 Å². The molecule has 1 N–H and O–H groups in total. The minimum Gasteiger partial charge on any atom is -0.481 e. The topological polar surface area (TPSA) is 74.7 Å². The molecule has 1 aliphatic heterocycles. The van der Waals surface area contributed by atoms with Crippen molar-refractivity contribution in [2.45, 2.75) is 57.5 Å². The Kier molecular flexibility index (Phi) is 6.56. The van der Waals surface area contributed by atoms with E-state index in [1.807, 2.05) is 30.3 Å². The van der Waals surface area contributed by atoms with E-state index in [2.05, 4.69) is 0 Å². The summed E-state index contributed by atoms with van der Waals surface area (Å²) in [6.07, 6.45) is 1.78. The van der Waals surface area contributed by atoms with Crippen LogP contribution < -0.4 is 0 Å². The highest BCUT2D eigenvalue weighted by molar-refractivity contribution is 6.30. The molecule has 1 saturated heterocycles. The number of carboxylic acid groups (broad SMARTS) is 1. The second-order valence-electron chi connectivity index (χ2n) is 9.60. The number of rotatable bonds is 7. The van der Waals surface area contributed by atoms with Gasteiger partial charge in [-0.15, -0.1) is 0 Å². The maximum absolute atomic E-state index is 14.0. The normalized spacial score (nSPS) is 26.2. The van der Waals surface area contributed by atoms with Gasteiger partial charge in [0, 0.05) is 16.0 Å². The minimum absolute atomic E-state index is 0.0748. The van der Waals surface area contributed by atoms with Gasteiger partial charge in [0.15, 0.2) is 5.78 Å². The van der Waals surface area contributed by atoms with Crippen LogP contribution >= 0.6 is 23.2 Å². The van der Waals surface area contributed by atoms with E-state index < -0.39 is 23.5 Å². The molecule has 1 saturated carbocycles. The molecule has 2 aliphatic rings. The summed E-state index contributed by atoms with van der Waals surface area (Å²) < 4.78 is 0. The van der Waals surface area contributed by atoms with Gasteiger partial charge < -0.3 is 10.0 Å². The monoisotopic (exact) mass is 487 g/mol. The highest BCUT2D eigenvalue weighted by Crippen LogP contribution is 2.54. The van der Waals surface area contributed by atoms with Crippen molar-refractivity contribution in [3.8, 4) is 0 Å². The van der Waals surface area contributed by atoms with Crippen LogP contribution in [0.1, 0.15) is 62.6 Å². The summed E-state index contributed by atoms with van der Waals surface area (Å²) in [6, 6.07) is 13.8. The second kappa shape index (κ2) is 9.11. The third-order valence-corrected chi connectivity index (χ3v) is 7.40. The van der Waals surface area contributed by atoms with Gasteiger partial charge in [0.05, 0.1) is 23.9 Å². The number of Topliss-reactive ketones (excluding diaryl/α,β-unsaturated/α-hetero) is 1. The smallest absolute Gasteiger partial charge is 0.304 e. The lowest BCUT2D eigenvalue weighted by Crippen LogP contribution is -2.58. The third-order valence-electron chi connectivity index (χ3n) is 6.92. The average Bonchev–Trinajstić information content (AvgIpc) is 3.56. The Balaban J connectivity index is 1.93. The Morgan fingerprint density at radius 2 is 1.76 bits per heavy atom. The molecule has 1 amide bonds. The molecule has 0 spiro atoms. The number of carboxylic acids is 1. The van der Waals surface area contributed by atoms with Gasteiger partial charge in [-0.25, -0.2) is 0 Å². The van der Waals surface area contributed by atoms with E-state index in [-0.39, 0.29) is 29.9 Å². The molecule has 5 nitrogen and oxygen atoms in total. The summed E-state index contributed by atoms with van der Waals surface area (Å²) in [6.45, 7) is 3.23. The lowest BCUT2D eigenvalue weighted by Gasteiger charge is -2.51. The molecule has 0 bridgehead atoms. The van der Waals surface area contributed by atoms with Crippen molar-refractivity contribution in [1.29, 1.82) is 0 Å². The predicted molar refractivity (Wildman–Crippen MR) is 127 cm³/mol. The molecule has 1 aliphatic carbocycles. The Labute approximate surface area is 203 Å². The Morgan fingerprint density at radius 3 is 2.30 bits per heavy atom. The quantitative estimate of drug-likeness (QED) is 0.527. The molecule has 7 heteroatoms. The number of halogens is 2. The largest absolute Gasteiger partial charge is 0.481 e. The molecule has 1 unspecified atom stereocenters. The highest BCUT2D eigenvalue weighted by Gasteiger charge is 2.55. The molecule has 33 heavy (non-hydrogen) atoms. The number of nitrogens with zero attached hydrogens (tertiary/aromatic N) is 1. The zero-order chi connectivity index (χ0) is 23.9. The summed E-state index contributed by atoms with van der Waals surface area (Å²) in [7, 11) is 0. The first kappa shape index (κ1) is 23.8. The van der Waals surface area contributed by atoms with Crippen LogP contribution in [0.15, 0.2) is 48.5 Å². The predicted octanol–water partition coefficient (Wildman–Crippen LogP) is 5.90. The fourth-order valence-electron chi connectivity index (χ4n) is 5.35. The number of hydrogen-bond acceptors (Lipinski definition) is 3. The lowest BCUT2D eigenvalue weighted by atomic mass is 9.66. The first-order valence-corrected chi connectivity index (χ1v) is 11.9. The molecule has 0 radical (unpaired) electrons. The summed E-state index contributed by atoms with van der Waals surface area (Å²) >= 11 is 12.5. The molecule has 1 heterocycles. The Bertz CT molecular complexity index is 1080. The molecule has 174 valence electrons. The van der Waals surface area contributed by atoms with Gasteiger partial charge >= 0.3 is 5.97 Å². The zero-order valence-electron chi connectivity index (χ0n) is 18.6. The minimum atomic E-state index is -1.15. The van der Waals surface area contributed by atoms with Crippen LogP contribution in [-0.2, 0) is 14.4 Å². The van der Waals surface area contributed by atoms with Crippen molar-refractivity contribution in [3.05, 3.63) is 69.7 Å². The number of likely N-dealkylation sites (tertiary alicyclic amines) is 1. The number of ketones is 1. The van der Waals surface area contributed by atoms with Crippen molar-refractivity contribution >= 4 is 40.9 Å². The number of benzene rings is 2. The van der Waals surface area contributed by atoms with E-state index in [1.165, 1.54) is 6.92 Å². The first-order chi connectivity index (χ1) is 15.6. The molecular formula is C26H27Cl2NO4. The molecular weight excluding hydrogens is 461 g/mol. The Morgan fingerprint density at radius 1 is 1.09 bits per heavy atom. The molecule has 4 atom stereocenters. The van der Waals surface area contributed by atoms with Crippen LogP contribution in [0, 0.1) is 11.3 Å². The van der Waals surface area contributed by atoms with E-state index >= 15 is 0 Å². The number of carbonyl (C=O) groups is 3. The highest BCUT2D eigenvalue weighted by atomic mass is 35.5. The lowest BCUT2D eigenvalue weighted by molar-refractivity contribution is -0.163. The van der Waals surface area contributed by atoms with Gasteiger partial charge in [-0.2, -0.15) is 0 Å². The number of piperidine rings is 1. The van der Waals surface area contributed by atoms with Crippen LogP contribution in [-0.4, -0.2) is 33.7 Å². The molecule has 4 rings (SSSR count). The number of hydrogen-bond donors (Lipinski definition) is 1. The average molecular weight is 488 g/mol. The molecule has 2 fully saturated rings. The van der Waals surface area contributed by atoms with E-state index in [0.29, 0.717) is 16.5 Å². The van der Waals surface area contributed by atoms with E-state index in [4.69, 9.17) is 23.2 Å². The SMILES string of the molecule is CC(=O)[C@H](C1CC1)N1C(=O)C(C)(CC(=O)O)C[C@H](c2cccc(Cl)c2)[C@H]1c1ccc(Cl)cc1. The molecule has 2 aromatic rings. The second-order valence-corrected chi connectivity index (χ2v) is 10.5. The molecule has 2 aromatic carbocycles. The summed E-state index contributed by atoms with van der Waals surface area (Å²) in [5, 5.41) is 10.8. The van der Waals surface area contributed by atoms with E-state index in [0.717, 1.165) is 24.0 Å². The summed E-state index contributed by atoms with van der Waals surface area (Å²) in [5.74, 6) is -1.54. The fraction of sp³-hybridized carbons (Fsp3) is 0.423. The van der Waals surface area contributed by atoms with Crippen molar-refractivity contribution < 1.29 is 19.5 Å². The van der Waals surface area contributed by atoms with Crippen LogP contribution in [0.25, 0.3) is 0 Å². The number of carbonyl (C=O) groups excluding carboxylic acids is 2. The van der Waals surface area contributed by atoms with Gasteiger partial charge in [0.25, 0.3) is 0 Å².